The second kappa shape index (κ2) is 24.9. The summed E-state index contributed by atoms with van der Waals surface area (Å²) in [6.45, 7) is 30.7. The van der Waals surface area contributed by atoms with Crippen LogP contribution >= 0.6 is 0 Å². The normalized spacial score (nSPS) is 41.4. The molecular weight excluding hydrogens is 985 g/mol. The third-order valence-corrected chi connectivity index (χ3v) is 18.3. The van der Waals surface area contributed by atoms with Crippen molar-refractivity contribution in [2.45, 2.75) is 199 Å². The molecule has 6 aliphatic heterocycles. The third kappa shape index (κ3) is 13.0. The zero-order valence-corrected chi connectivity index (χ0v) is 46.5. The Balaban J connectivity index is 0.000000140. The molecule has 0 aromatic heterocycles. The first-order chi connectivity index (χ1) is 36.3. The number of fused-ring (bicyclic) bond motifs is 5. The Morgan fingerprint density at radius 3 is 1.29 bits per heavy atom. The quantitative estimate of drug-likeness (QED) is 0.0399. The lowest BCUT2D eigenvalue weighted by Gasteiger charge is -2.53. The summed E-state index contributed by atoms with van der Waals surface area (Å²) in [4.78, 5) is 35.1. The van der Waals surface area contributed by atoms with Gasteiger partial charge in [0, 0.05) is 23.3 Å². The van der Waals surface area contributed by atoms with Crippen LogP contribution in [0.1, 0.15) is 113 Å². The minimum Gasteiger partial charge on any atom is -0.454 e. The van der Waals surface area contributed by atoms with E-state index in [1.807, 2.05) is 0 Å². The molecule has 0 aromatic carbocycles. The van der Waals surface area contributed by atoms with Crippen molar-refractivity contribution in [3.8, 4) is 0 Å². The summed E-state index contributed by atoms with van der Waals surface area (Å²) in [6.07, 6.45) is 9.01. The molecule has 6 saturated heterocycles. The molecule has 12 fully saturated rings. The highest BCUT2D eigenvalue weighted by Gasteiger charge is 2.61. The molecule has 0 aromatic rings. The molecule has 6 saturated carbocycles. The first-order valence-electron chi connectivity index (χ1n) is 28.2. The highest BCUT2D eigenvalue weighted by atomic mass is 16.7. The number of rotatable bonds is 20. The average Bonchev–Trinajstić information content (AvgIpc) is 4.25. The summed E-state index contributed by atoms with van der Waals surface area (Å²) in [5.41, 5.74) is 1.58. The van der Waals surface area contributed by atoms with Gasteiger partial charge in [0.05, 0.1) is 51.8 Å². The lowest BCUT2D eigenvalue weighted by Crippen LogP contribution is -2.49. The van der Waals surface area contributed by atoms with Gasteiger partial charge >= 0.3 is 17.9 Å². The fourth-order valence-electron chi connectivity index (χ4n) is 14.5. The molecule has 15 unspecified atom stereocenters. The van der Waals surface area contributed by atoms with Gasteiger partial charge < -0.3 is 71.1 Å². The van der Waals surface area contributed by atoms with Crippen molar-refractivity contribution in [1.82, 2.24) is 0 Å². The van der Waals surface area contributed by atoms with Gasteiger partial charge in [-0.2, -0.15) is 0 Å². The molecule has 0 amide bonds. The first kappa shape index (κ1) is 57.8. The average molecular weight is 1070 g/mol. The van der Waals surface area contributed by atoms with Crippen LogP contribution in [0.4, 0.5) is 0 Å². The molecule has 428 valence electrons. The van der Waals surface area contributed by atoms with E-state index in [1.54, 1.807) is 20.8 Å². The van der Waals surface area contributed by atoms with Gasteiger partial charge in [0.15, 0.2) is 18.3 Å². The largest absolute Gasteiger partial charge is 0.454 e. The van der Waals surface area contributed by atoms with Crippen molar-refractivity contribution >= 4 is 17.9 Å². The Hall–Kier alpha value is -2.85. The van der Waals surface area contributed by atoms with E-state index in [9.17, 15) is 14.4 Å². The molecular formula is C58H88O18. The molecule has 15 atom stereocenters. The Labute approximate surface area is 450 Å². The number of carbonyl (C=O) groups excluding carboxylic acids is 3. The minimum absolute atomic E-state index is 0.166. The lowest BCUT2D eigenvalue weighted by atomic mass is 9.55. The third-order valence-electron chi connectivity index (χ3n) is 18.3. The molecule has 12 aliphatic rings. The van der Waals surface area contributed by atoms with E-state index >= 15 is 0 Å². The number of esters is 3. The summed E-state index contributed by atoms with van der Waals surface area (Å²) in [6, 6.07) is 0. The Kier molecular flexibility index (Phi) is 18.9. The maximum atomic E-state index is 11.8. The van der Waals surface area contributed by atoms with Crippen LogP contribution in [0.3, 0.4) is 0 Å². The maximum absolute atomic E-state index is 11.8. The summed E-state index contributed by atoms with van der Waals surface area (Å²) >= 11 is 0. The van der Waals surface area contributed by atoms with Crippen LogP contribution < -0.4 is 0 Å². The Morgan fingerprint density at radius 2 is 0.908 bits per heavy atom. The molecule has 18 nitrogen and oxygen atoms in total. The van der Waals surface area contributed by atoms with E-state index in [4.69, 9.17) is 71.1 Å². The van der Waals surface area contributed by atoms with Crippen molar-refractivity contribution in [3.05, 3.63) is 36.5 Å². The van der Waals surface area contributed by atoms with E-state index in [-0.39, 0.29) is 85.5 Å². The van der Waals surface area contributed by atoms with Crippen molar-refractivity contribution in [2.24, 2.45) is 46.3 Å². The van der Waals surface area contributed by atoms with Crippen molar-refractivity contribution < 1.29 is 85.4 Å². The van der Waals surface area contributed by atoms with Crippen molar-refractivity contribution in [3.63, 3.8) is 0 Å². The molecule has 12 rings (SSSR count). The van der Waals surface area contributed by atoms with E-state index in [2.05, 4.69) is 54.4 Å². The molecule has 0 N–H and O–H groups in total. The molecule has 76 heavy (non-hydrogen) atoms. The minimum atomic E-state index is -0.417. The monoisotopic (exact) mass is 1070 g/mol. The molecule has 18 heteroatoms. The van der Waals surface area contributed by atoms with Gasteiger partial charge in [0.25, 0.3) is 0 Å². The summed E-state index contributed by atoms with van der Waals surface area (Å²) in [5.74, 6) is 3.48. The zero-order valence-electron chi connectivity index (χ0n) is 46.5. The topological polar surface area (TPSA) is 190 Å². The van der Waals surface area contributed by atoms with E-state index in [1.165, 1.54) is 51.4 Å². The first-order valence-corrected chi connectivity index (χ1v) is 28.2. The Morgan fingerprint density at radius 1 is 0.526 bits per heavy atom. The van der Waals surface area contributed by atoms with Crippen LogP contribution in [0.5, 0.6) is 0 Å². The van der Waals surface area contributed by atoms with Crippen molar-refractivity contribution in [2.75, 3.05) is 66.6 Å². The number of hydrogen-bond donors (Lipinski definition) is 0. The lowest BCUT2D eigenvalue weighted by molar-refractivity contribution is -0.195. The van der Waals surface area contributed by atoms with Gasteiger partial charge in [0.2, 0.25) is 0 Å². The van der Waals surface area contributed by atoms with Crippen LogP contribution in [0.25, 0.3) is 0 Å². The summed E-state index contributed by atoms with van der Waals surface area (Å²) in [7, 11) is 0. The highest BCUT2D eigenvalue weighted by Crippen LogP contribution is 2.63. The second-order valence-electron chi connectivity index (χ2n) is 25.0. The molecule has 0 radical (unpaired) electrons. The number of hydrogen-bond acceptors (Lipinski definition) is 18. The summed E-state index contributed by atoms with van der Waals surface area (Å²) in [5, 5.41) is 0. The zero-order chi connectivity index (χ0) is 54.1. The van der Waals surface area contributed by atoms with Gasteiger partial charge in [0.1, 0.15) is 75.3 Å². The maximum Gasteiger partial charge on any atom is 0.333 e. The van der Waals surface area contributed by atoms with Crippen LogP contribution in [-0.4, -0.2) is 170 Å². The van der Waals surface area contributed by atoms with E-state index < -0.39 is 36.2 Å². The van der Waals surface area contributed by atoms with Crippen LogP contribution in [-0.2, 0) is 85.4 Å². The predicted molar refractivity (Wildman–Crippen MR) is 273 cm³/mol. The number of ether oxygens (including phenoxy) is 15. The van der Waals surface area contributed by atoms with Crippen LogP contribution in [0.2, 0.25) is 0 Å². The standard InChI is InChI=1S/C21H30O6.C21H32O6.C16H26O6/c1-11(2)21(22)27-17-9-24-19-16(8-23-20(17)19)25-10-26-18-14-4-12-3-13(6-14)7-15(18)5-12;1-12(2)18(22)27-15-10-24-16-14(9-23-17(15)16)25-11-26-19-20(3,4)13-6-7-21(19,5)8-13;1-10(2)5-6-18-9-21-12-7-19-15-13(8-20-14(12)15)22-16(17)11(3)4/h12-20H,1,3-10H2,2H3;13-17,19H,1,6-11H2,2-5H3;10,12-15H,3,5-9H2,1-2,4H3. The Bertz CT molecular complexity index is 2030. The van der Waals surface area contributed by atoms with Gasteiger partial charge in [-0.15, -0.1) is 0 Å². The molecule has 6 aliphatic carbocycles. The van der Waals surface area contributed by atoms with Gasteiger partial charge in [-0.05, 0) is 125 Å². The SMILES string of the molecule is C=C(C)C(=O)OC1COC2C(OCOC3C4(C)CCC(C4)C3(C)C)COC12.C=C(C)C(=O)OC1COC2C(OCOC3C4CC5CC(C4)CC3C5)COC12.C=C(C)C(=O)OC1COC2C(OCOCCC(C)C)COC12. The highest BCUT2D eigenvalue weighted by molar-refractivity contribution is 5.88. The second-order valence-corrected chi connectivity index (χ2v) is 25.0. The van der Waals surface area contributed by atoms with Crippen LogP contribution in [0, 0.1) is 46.3 Å². The fraction of sp³-hybridized carbons (Fsp3) is 0.845. The predicted octanol–water partition coefficient (Wildman–Crippen LogP) is 6.98. The van der Waals surface area contributed by atoms with Crippen LogP contribution in [0.15, 0.2) is 36.5 Å². The molecule has 6 heterocycles. The van der Waals surface area contributed by atoms with Gasteiger partial charge in [-0.1, -0.05) is 54.4 Å². The van der Waals surface area contributed by atoms with Gasteiger partial charge in [-0.3, -0.25) is 0 Å². The van der Waals surface area contributed by atoms with Crippen molar-refractivity contribution in [1.29, 1.82) is 0 Å². The van der Waals surface area contributed by atoms with E-state index in [0.717, 1.165) is 36.0 Å². The molecule has 6 bridgehead atoms. The molecule has 0 spiro atoms. The van der Waals surface area contributed by atoms with Gasteiger partial charge in [-0.25, -0.2) is 14.4 Å². The smallest absolute Gasteiger partial charge is 0.333 e. The van der Waals surface area contributed by atoms with E-state index in [0.29, 0.717) is 81.8 Å². The fourth-order valence-corrected chi connectivity index (χ4v) is 14.5. The number of carbonyl (C=O) groups is 3. The summed E-state index contributed by atoms with van der Waals surface area (Å²) < 4.78 is 86.3.